The summed E-state index contributed by atoms with van der Waals surface area (Å²) in [4.78, 5) is 2.67. The second-order valence-corrected chi connectivity index (χ2v) is 6.98. The first-order chi connectivity index (χ1) is 10.3. The molecule has 1 aliphatic heterocycles. The number of hydrogen-bond acceptors (Lipinski definition) is 2. The Morgan fingerprint density at radius 3 is 2.52 bits per heavy atom. The number of rotatable bonds is 6. The fourth-order valence-electron chi connectivity index (χ4n) is 3.20. The van der Waals surface area contributed by atoms with E-state index in [9.17, 15) is 0 Å². The van der Waals surface area contributed by atoms with Crippen molar-refractivity contribution in [1.82, 2.24) is 10.2 Å². The van der Waals surface area contributed by atoms with Crippen LogP contribution in [0.5, 0.6) is 0 Å². The monoisotopic (exact) mass is 352 g/mol. The molecule has 2 nitrogen and oxygen atoms in total. The summed E-state index contributed by atoms with van der Waals surface area (Å²) in [7, 11) is 0. The van der Waals surface area contributed by atoms with Crippen LogP contribution in [0.3, 0.4) is 0 Å². The first-order valence-electron chi connectivity index (χ1n) is 8.51. The number of likely N-dealkylation sites (tertiary alicyclic amines) is 1. The van der Waals surface area contributed by atoms with Crippen molar-refractivity contribution in [1.29, 1.82) is 0 Å². The third kappa shape index (κ3) is 6.09. The largest absolute Gasteiger partial charge is 0.310 e. The molecule has 0 aromatic heterocycles. The zero-order chi connectivity index (χ0) is 14.9. The fourth-order valence-corrected chi connectivity index (χ4v) is 3.62. The summed E-state index contributed by atoms with van der Waals surface area (Å²) in [5, 5.41) is 3.65. The summed E-state index contributed by atoms with van der Waals surface area (Å²) >= 11 is 3.59. The highest BCUT2D eigenvalue weighted by atomic mass is 79.9. The smallest absolute Gasteiger partial charge is 0.0332 e. The molecule has 1 atom stereocenters. The molecular weight excluding hydrogens is 324 g/mol. The number of nitrogens with zero attached hydrogens (tertiary/aromatic N) is 1. The van der Waals surface area contributed by atoms with Crippen LogP contribution in [0.2, 0.25) is 0 Å². The number of benzene rings is 1. The molecule has 0 saturated carbocycles. The van der Waals surface area contributed by atoms with Crippen LogP contribution < -0.4 is 5.32 Å². The molecule has 1 fully saturated rings. The Morgan fingerprint density at radius 1 is 1.14 bits per heavy atom. The van der Waals surface area contributed by atoms with E-state index >= 15 is 0 Å². The van der Waals surface area contributed by atoms with Gasteiger partial charge in [0.2, 0.25) is 0 Å². The maximum absolute atomic E-state index is 3.65. The van der Waals surface area contributed by atoms with Gasteiger partial charge in [-0.05, 0) is 63.1 Å². The van der Waals surface area contributed by atoms with E-state index in [4.69, 9.17) is 0 Å². The first-order valence-corrected chi connectivity index (χ1v) is 9.30. The molecule has 0 aliphatic carbocycles. The summed E-state index contributed by atoms with van der Waals surface area (Å²) in [6.07, 6.45) is 8.22. The van der Waals surface area contributed by atoms with Crippen LogP contribution in [0.15, 0.2) is 28.7 Å². The third-order valence-electron chi connectivity index (χ3n) is 4.38. The molecule has 0 bridgehead atoms. The van der Waals surface area contributed by atoms with Crippen molar-refractivity contribution in [2.45, 2.75) is 51.5 Å². The van der Waals surface area contributed by atoms with Gasteiger partial charge in [-0.1, -0.05) is 54.2 Å². The van der Waals surface area contributed by atoms with Crippen LogP contribution in [0.4, 0.5) is 0 Å². The van der Waals surface area contributed by atoms with Crippen LogP contribution in [0.1, 0.15) is 57.1 Å². The van der Waals surface area contributed by atoms with Gasteiger partial charge in [-0.15, -0.1) is 0 Å². The maximum Gasteiger partial charge on any atom is 0.0332 e. The lowest BCUT2D eigenvalue weighted by molar-refractivity contribution is 0.234. The van der Waals surface area contributed by atoms with Gasteiger partial charge in [0.15, 0.2) is 0 Å². The topological polar surface area (TPSA) is 15.3 Å². The maximum atomic E-state index is 3.65. The van der Waals surface area contributed by atoms with Crippen LogP contribution in [-0.4, -0.2) is 31.1 Å². The van der Waals surface area contributed by atoms with Gasteiger partial charge in [0.1, 0.15) is 0 Å². The molecule has 1 aliphatic rings. The number of halogens is 1. The van der Waals surface area contributed by atoms with E-state index in [-0.39, 0.29) is 0 Å². The zero-order valence-electron chi connectivity index (χ0n) is 13.3. The predicted molar refractivity (Wildman–Crippen MR) is 94.7 cm³/mol. The molecule has 21 heavy (non-hydrogen) atoms. The molecule has 0 radical (unpaired) electrons. The molecule has 3 heteroatoms. The van der Waals surface area contributed by atoms with E-state index in [2.05, 4.69) is 57.3 Å². The van der Waals surface area contributed by atoms with Gasteiger partial charge in [0, 0.05) is 10.5 Å². The van der Waals surface area contributed by atoms with Gasteiger partial charge < -0.3 is 10.2 Å². The minimum atomic E-state index is 0.470. The minimum absolute atomic E-state index is 0.470. The van der Waals surface area contributed by atoms with E-state index < -0.39 is 0 Å². The van der Waals surface area contributed by atoms with E-state index in [0.717, 1.165) is 6.54 Å². The van der Waals surface area contributed by atoms with E-state index in [1.807, 2.05) is 0 Å². The van der Waals surface area contributed by atoms with Crippen molar-refractivity contribution < 1.29 is 0 Å². The Hall–Kier alpha value is -0.380. The van der Waals surface area contributed by atoms with Crippen LogP contribution in [-0.2, 0) is 0 Å². The van der Waals surface area contributed by atoms with Gasteiger partial charge in [0.25, 0.3) is 0 Å². The SMILES string of the molecule is CCNC(CCN1CCCCCCC1)c1cccc(Br)c1. The van der Waals surface area contributed by atoms with E-state index in [1.165, 1.54) is 68.2 Å². The van der Waals surface area contributed by atoms with Crippen molar-refractivity contribution in [3.8, 4) is 0 Å². The molecule has 0 amide bonds. The standard InChI is InChI=1S/C18H29BrN2/c1-2-20-18(16-9-8-10-17(19)15-16)11-14-21-12-6-4-3-5-7-13-21/h8-10,15,18,20H,2-7,11-14H2,1H3. The summed E-state index contributed by atoms with van der Waals surface area (Å²) in [5.41, 5.74) is 1.40. The second kappa shape index (κ2) is 9.60. The Balaban J connectivity index is 1.89. The molecule has 118 valence electrons. The minimum Gasteiger partial charge on any atom is -0.310 e. The van der Waals surface area contributed by atoms with E-state index in [1.54, 1.807) is 0 Å². The number of hydrogen-bond donors (Lipinski definition) is 1. The quantitative estimate of drug-likeness (QED) is 0.794. The van der Waals surface area contributed by atoms with Crippen molar-refractivity contribution in [3.63, 3.8) is 0 Å². The highest BCUT2D eigenvalue weighted by molar-refractivity contribution is 9.10. The lowest BCUT2D eigenvalue weighted by atomic mass is 10.0. The Bertz CT molecular complexity index is 400. The molecule has 2 rings (SSSR count). The molecule has 1 saturated heterocycles. The van der Waals surface area contributed by atoms with E-state index in [0.29, 0.717) is 6.04 Å². The molecule has 1 N–H and O–H groups in total. The lowest BCUT2D eigenvalue weighted by Crippen LogP contribution is -2.32. The summed E-state index contributed by atoms with van der Waals surface area (Å²) in [6, 6.07) is 9.20. The molecular formula is C18H29BrN2. The van der Waals surface area contributed by atoms with Crippen LogP contribution in [0, 0.1) is 0 Å². The average molecular weight is 353 g/mol. The first kappa shape index (κ1) is 17.0. The van der Waals surface area contributed by atoms with Crippen molar-refractivity contribution in [3.05, 3.63) is 34.3 Å². The number of nitrogens with one attached hydrogen (secondary N) is 1. The van der Waals surface area contributed by atoms with Gasteiger partial charge in [-0.3, -0.25) is 0 Å². The van der Waals surface area contributed by atoms with Crippen molar-refractivity contribution >= 4 is 15.9 Å². The van der Waals surface area contributed by atoms with Gasteiger partial charge in [-0.2, -0.15) is 0 Å². The molecule has 0 spiro atoms. The summed E-state index contributed by atoms with van der Waals surface area (Å²) in [6.45, 7) is 7.01. The van der Waals surface area contributed by atoms with Crippen LogP contribution >= 0.6 is 15.9 Å². The molecule has 1 aromatic rings. The van der Waals surface area contributed by atoms with Crippen LogP contribution in [0.25, 0.3) is 0 Å². The predicted octanol–water partition coefficient (Wildman–Crippen LogP) is 4.76. The van der Waals surface area contributed by atoms with Gasteiger partial charge in [-0.25, -0.2) is 0 Å². The average Bonchev–Trinajstić information content (AvgIpc) is 2.44. The third-order valence-corrected chi connectivity index (χ3v) is 4.88. The van der Waals surface area contributed by atoms with Gasteiger partial charge >= 0.3 is 0 Å². The Morgan fingerprint density at radius 2 is 1.86 bits per heavy atom. The second-order valence-electron chi connectivity index (χ2n) is 6.06. The Kier molecular flexibility index (Phi) is 7.76. The zero-order valence-corrected chi connectivity index (χ0v) is 14.9. The fraction of sp³-hybridized carbons (Fsp3) is 0.667. The molecule has 1 unspecified atom stereocenters. The Labute approximate surface area is 138 Å². The highest BCUT2D eigenvalue weighted by Gasteiger charge is 2.14. The summed E-state index contributed by atoms with van der Waals surface area (Å²) < 4.78 is 1.18. The van der Waals surface area contributed by atoms with Crippen molar-refractivity contribution in [2.75, 3.05) is 26.2 Å². The molecule has 1 aromatic carbocycles. The molecule has 1 heterocycles. The normalized spacial score (nSPS) is 19.0. The lowest BCUT2D eigenvalue weighted by Gasteiger charge is -2.27. The summed E-state index contributed by atoms with van der Waals surface area (Å²) in [5.74, 6) is 0. The van der Waals surface area contributed by atoms with Crippen molar-refractivity contribution in [2.24, 2.45) is 0 Å². The van der Waals surface area contributed by atoms with Gasteiger partial charge in [0.05, 0.1) is 0 Å². The highest BCUT2D eigenvalue weighted by Crippen LogP contribution is 2.22.